The van der Waals surface area contributed by atoms with E-state index in [1.54, 1.807) is 24.3 Å². The standard InChI is InChI=1S/C14H15O2P.C2H6/c1-5-7-12-9-14(16-17-15)13(8-6-2)11(4)10(12)3;1-2/h5-9,15,17H,1-4H2;1-2H3/b12-7-,13-8+;. The van der Waals surface area contributed by atoms with E-state index in [4.69, 9.17) is 9.42 Å². The lowest BCUT2D eigenvalue weighted by Crippen LogP contribution is -2.46. The highest BCUT2D eigenvalue weighted by molar-refractivity contribution is 7.25. The van der Waals surface area contributed by atoms with Crippen molar-refractivity contribution in [2.75, 3.05) is 0 Å². The minimum Gasteiger partial charge on any atom is -0.449 e. The Labute approximate surface area is 116 Å². The Kier molecular flexibility index (Phi) is 8.52. The van der Waals surface area contributed by atoms with Crippen molar-refractivity contribution in [3.05, 3.63) is 52.3 Å². The van der Waals surface area contributed by atoms with Gasteiger partial charge in [0.1, 0.15) is 5.75 Å². The zero-order valence-corrected chi connectivity index (χ0v) is 12.6. The highest BCUT2D eigenvalue weighted by atomic mass is 31.1. The monoisotopic (exact) mass is 276 g/mol. The summed E-state index contributed by atoms with van der Waals surface area (Å²) in [5, 5.41) is 3.23. The summed E-state index contributed by atoms with van der Waals surface area (Å²) in [5.41, 5.74) is 0. The van der Waals surface area contributed by atoms with Gasteiger partial charge in [0.05, 0.1) is 0 Å². The fraction of sp³-hybridized carbons (Fsp3) is 0.125. The zero-order chi connectivity index (χ0) is 14.8. The summed E-state index contributed by atoms with van der Waals surface area (Å²) in [6, 6.07) is 1.80. The molecule has 1 aromatic carbocycles. The van der Waals surface area contributed by atoms with Crippen LogP contribution in [0.3, 0.4) is 0 Å². The normalized spacial score (nSPS) is 12.2. The molecule has 1 N–H and O–H groups in total. The van der Waals surface area contributed by atoms with Gasteiger partial charge in [0, 0.05) is 5.22 Å². The Morgan fingerprint density at radius 2 is 1.68 bits per heavy atom. The molecule has 19 heavy (non-hydrogen) atoms. The van der Waals surface area contributed by atoms with Gasteiger partial charge in [-0.25, -0.2) is 0 Å². The SMILES string of the molecule is C=C/C=c1/cc(OPO)/c(=C/C=C)c(=C)c1=C.CC. The average Bonchev–Trinajstić information content (AvgIpc) is 2.43. The first kappa shape index (κ1) is 17.4. The quantitative estimate of drug-likeness (QED) is 0.841. The number of hydrogen-bond acceptors (Lipinski definition) is 2. The van der Waals surface area contributed by atoms with Crippen molar-refractivity contribution in [3.63, 3.8) is 0 Å². The van der Waals surface area contributed by atoms with Crippen LogP contribution < -0.4 is 25.4 Å². The Morgan fingerprint density at radius 3 is 2.16 bits per heavy atom. The highest BCUT2D eigenvalue weighted by Gasteiger charge is 1.99. The van der Waals surface area contributed by atoms with E-state index in [2.05, 4.69) is 26.3 Å². The second kappa shape index (κ2) is 9.32. The molecule has 0 saturated carbocycles. The minimum absolute atomic E-state index is 0.566. The van der Waals surface area contributed by atoms with Crippen molar-refractivity contribution in [3.8, 4) is 5.75 Å². The van der Waals surface area contributed by atoms with Gasteiger partial charge < -0.3 is 9.42 Å². The molecule has 0 spiro atoms. The molecular formula is C16H21O2P. The summed E-state index contributed by atoms with van der Waals surface area (Å²) in [6.45, 7) is 19.2. The van der Waals surface area contributed by atoms with Gasteiger partial charge in [-0.3, -0.25) is 0 Å². The lowest BCUT2D eigenvalue weighted by atomic mass is 10.1. The molecule has 1 aromatic rings. The molecule has 0 aromatic heterocycles. The van der Waals surface area contributed by atoms with Gasteiger partial charge in [0.25, 0.3) is 0 Å². The maximum atomic E-state index is 8.89. The zero-order valence-electron chi connectivity index (χ0n) is 11.6. The molecule has 1 atom stereocenters. The first-order valence-corrected chi connectivity index (χ1v) is 6.83. The third kappa shape index (κ3) is 4.51. The number of hydrogen-bond donors (Lipinski definition) is 1. The molecule has 0 fully saturated rings. The molecule has 0 amide bonds. The van der Waals surface area contributed by atoms with Crippen LogP contribution in [0.1, 0.15) is 13.8 Å². The van der Waals surface area contributed by atoms with Crippen LogP contribution in [0.2, 0.25) is 0 Å². The molecule has 0 aliphatic rings. The molecule has 3 heteroatoms. The molecule has 0 saturated heterocycles. The van der Waals surface area contributed by atoms with Crippen molar-refractivity contribution in [1.82, 2.24) is 0 Å². The Hall–Kier alpha value is -1.63. The maximum Gasteiger partial charge on any atom is 0.212 e. The fourth-order valence-electron chi connectivity index (χ4n) is 1.50. The van der Waals surface area contributed by atoms with E-state index in [-0.39, 0.29) is 0 Å². The first-order valence-electron chi connectivity index (χ1n) is 5.98. The van der Waals surface area contributed by atoms with Crippen molar-refractivity contribution in [2.24, 2.45) is 0 Å². The fourth-order valence-corrected chi connectivity index (χ4v) is 1.77. The summed E-state index contributed by atoms with van der Waals surface area (Å²) >= 11 is 0. The summed E-state index contributed by atoms with van der Waals surface area (Å²) in [5.74, 6) is 0.566. The van der Waals surface area contributed by atoms with Crippen LogP contribution in [0.25, 0.3) is 25.3 Å². The molecular weight excluding hydrogens is 255 g/mol. The molecule has 102 valence electrons. The van der Waals surface area contributed by atoms with Gasteiger partial charge in [-0.05, 0) is 21.7 Å². The summed E-state index contributed by atoms with van der Waals surface area (Å²) in [4.78, 5) is 8.89. The summed E-state index contributed by atoms with van der Waals surface area (Å²) in [7, 11) is -0.615. The lowest BCUT2D eigenvalue weighted by Gasteiger charge is -2.04. The van der Waals surface area contributed by atoms with E-state index in [9.17, 15) is 0 Å². The third-order valence-corrected chi connectivity index (χ3v) is 2.64. The van der Waals surface area contributed by atoms with Crippen LogP contribution in [0.5, 0.6) is 5.75 Å². The molecule has 0 heterocycles. The van der Waals surface area contributed by atoms with Crippen LogP contribution in [-0.4, -0.2) is 4.89 Å². The molecule has 2 nitrogen and oxygen atoms in total. The first-order chi connectivity index (χ1) is 9.15. The Morgan fingerprint density at radius 1 is 1.11 bits per heavy atom. The predicted molar refractivity (Wildman–Crippen MR) is 87.8 cm³/mol. The second-order valence-electron chi connectivity index (χ2n) is 3.33. The van der Waals surface area contributed by atoms with E-state index in [1.165, 1.54) is 0 Å². The lowest BCUT2D eigenvalue weighted by molar-refractivity contribution is 0.511. The van der Waals surface area contributed by atoms with Crippen molar-refractivity contribution < 1.29 is 9.42 Å². The number of rotatable bonds is 4. The van der Waals surface area contributed by atoms with Gasteiger partial charge in [0.15, 0.2) is 0 Å². The molecule has 0 aliphatic heterocycles. The van der Waals surface area contributed by atoms with Crippen molar-refractivity contribution in [1.29, 1.82) is 0 Å². The van der Waals surface area contributed by atoms with Gasteiger partial charge in [-0.2, -0.15) is 0 Å². The van der Waals surface area contributed by atoms with Crippen LogP contribution in [-0.2, 0) is 0 Å². The van der Waals surface area contributed by atoms with E-state index in [0.717, 1.165) is 20.9 Å². The van der Waals surface area contributed by atoms with E-state index in [1.807, 2.05) is 19.9 Å². The number of allylic oxidation sites excluding steroid dienone is 2. The topological polar surface area (TPSA) is 29.5 Å². The number of benzene rings is 1. The Balaban J connectivity index is 0.00000154. The van der Waals surface area contributed by atoms with Gasteiger partial charge in [-0.15, -0.1) is 0 Å². The molecule has 0 aliphatic carbocycles. The Bertz CT molecular complexity index is 645. The molecule has 1 rings (SSSR count). The molecule has 0 radical (unpaired) electrons. The molecule has 1 unspecified atom stereocenters. The van der Waals surface area contributed by atoms with E-state index in [0.29, 0.717) is 5.75 Å². The maximum absolute atomic E-state index is 8.89. The second-order valence-corrected chi connectivity index (χ2v) is 3.72. The smallest absolute Gasteiger partial charge is 0.212 e. The summed E-state index contributed by atoms with van der Waals surface area (Å²) in [6.07, 6.45) is 6.92. The van der Waals surface area contributed by atoms with Gasteiger partial charge in [-0.1, -0.05) is 64.5 Å². The third-order valence-electron chi connectivity index (χ3n) is 2.33. The van der Waals surface area contributed by atoms with Crippen LogP contribution >= 0.6 is 9.03 Å². The van der Waals surface area contributed by atoms with Crippen LogP contribution in [0, 0.1) is 0 Å². The largest absolute Gasteiger partial charge is 0.449 e. The van der Waals surface area contributed by atoms with E-state index >= 15 is 0 Å². The highest BCUT2D eigenvalue weighted by Crippen LogP contribution is 2.08. The van der Waals surface area contributed by atoms with Gasteiger partial charge >= 0.3 is 0 Å². The van der Waals surface area contributed by atoms with Gasteiger partial charge in [0.2, 0.25) is 9.03 Å². The predicted octanol–water partition coefficient (Wildman–Crippen LogP) is 1.35. The van der Waals surface area contributed by atoms with Crippen LogP contribution in [0.4, 0.5) is 0 Å². The van der Waals surface area contributed by atoms with Crippen molar-refractivity contribution in [2.45, 2.75) is 13.8 Å². The minimum atomic E-state index is -0.615. The summed E-state index contributed by atoms with van der Waals surface area (Å²) < 4.78 is 5.19. The van der Waals surface area contributed by atoms with Crippen molar-refractivity contribution >= 4 is 34.3 Å². The van der Waals surface area contributed by atoms with E-state index < -0.39 is 9.03 Å². The molecule has 0 bridgehead atoms. The average molecular weight is 276 g/mol. The van der Waals surface area contributed by atoms with Crippen LogP contribution in [0.15, 0.2) is 31.4 Å².